The summed E-state index contributed by atoms with van der Waals surface area (Å²) in [5.41, 5.74) is -4.94. The first-order valence-corrected chi connectivity index (χ1v) is 9.33. The molecule has 1 fully saturated rings. The second-order valence-electron chi connectivity index (χ2n) is 7.87. The molecule has 4 nitrogen and oxygen atoms in total. The van der Waals surface area contributed by atoms with E-state index in [9.17, 15) is 35.9 Å². The molecule has 0 heterocycles. The fourth-order valence-electron chi connectivity index (χ4n) is 3.24. The predicted molar refractivity (Wildman–Crippen MR) is 91.7 cm³/mol. The molecule has 1 unspecified atom stereocenters. The minimum Gasteiger partial charge on any atom is -0.459 e. The Kier molecular flexibility index (Phi) is 8.18. The van der Waals surface area contributed by atoms with Crippen molar-refractivity contribution in [3.8, 4) is 0 Å². The Labute approximate surface area is 165 Å². The van der Waals surface area contributed by atoms with Gasteiger partial charge in [0.25, 0.3) is 0 Å². The first-order valence-electron chi connectivity index (χ1n) is 9.33. The van der Waals surface area contributed by atoms with E-state index in [1.165, 1.54) is 6.92 Å². The van der Waals surface area contributed by atoms with Gasteiger partial charge in [0.2, 0.25) is 0 Å². The lowest BCUT2D eigenvalue weighted by atomic mass is 9.89. The van der Waals surface area contributed by atoms with Crippen LogP contribution in [0.2, 0.25) is 0 Å². The van der Waals surface area contributed by atoms with Crippen LogP contribution < -0.4 is 0 Å². The molecule has 0 aromatic carbocycles. The van der Waals surface area contributed by atoms with Crippen LogP contribution in [0.25, 0.3) is 0 Å². The van der Waals surface area contributed by atoms with Gasteiger partial charge < -0.3 is 9.47 Å². The minimum absolute atomic E-state index is 0.171. The molecule has 0 aromatic heterocycles. The summed E-state index contributed by atoms with van der Waals surface area (Å²) in [4.78, 5) is 23.9. The lowest BCUT2D eigenvalue weighted by Crippen LogP contribution is -2.61. The van der Waals surface area contributed by atoms with Crippen LogP contribution in [0.3, 0.4) is 0 Å². The van der Waals surface area contributed by atoms with Gasteiger partial charge in [-0.05, 0) is 32.1 Å². The average molecular weight is 432 g/mol. The van der Waals surface area contributed by atoms with Crippen molar-refractivity contribution < 1.29 is 45.4 Å². The number of hydrogen-bond donors (Lipinski definition) is 0. The molecule has 0 bridgehead atoms. The number of carbonyl (C=O) groups excluding carboxylic acids is 2. The van der Waals surface area contributed by atoms with Crippen molar-refractivity contribution in [3.63, 3.8) is 0 Å². The van der Waals surface area contributed by atoms with E-state index in [0.29, 0.717) is 12.8 Å². The van der Waals surface area contributed by atoms with Crippen molar-refractivity contribution in [2.45, 2.75) is 83.4 Å². The molecule has 0 aliphatic heterocycles. The number of alkyl halides is 6. The Morgan fingerprint density at radius 1 is 1.03 bits per heavy atom. The zero-order chi connectivity index (χ0) is 22.6. The molecular weight excluding hydrogens is 406 g/mol. The van der Waals surface area contributed by atoms with E-state index in [0.717, 1.165) is 0 Å². The zero-order valence-electron chi connectivity index (χ0n) is 16.6. The van der Waals surface area contributed by atoms with E-state index in [-0.39, 0.29) is 30.8 Å². The molecule has 1 saturated carbocycles. The van der Waals surface area contributed by atoms with Crippen LogP contribution in [0.4, 0.5) is 26.3 Å². The monoisotopic (exact) mass is 432 g/mol. The van der Waals surface area contributed by atoms with Crippen molar-refractivity contribution in [2.75, 3.05) is 0 Å². The topological polar surface area (TPSA) is 52.6 Å². The molecule has 0 aromatic rings. The highest BCUT2D eigenvalue weighted by molar-refractivity contribution is 5.87. The maximum atomic E-state index is 13.8. The average Bonchev–Trinajstić information content (AvgIpc) is 3.05. The number of hydrogen-bond acceptors (Lipinski definition) is 4. The van der Waals surface area contributed by atoms with Crippen LogP contribution >= 0.6 is 0 Å². The Bertz CT molecular complexity index is 589. The fraction of sp³-hybridized carbons (Fsp3) is 0.789. The first kappa shape index (κ1) is 25.3. The van der Waals surface area contributed by atoms with Crippen molar-refractivity contribution in [2.24, 2.45) is 11.8 Å². The summed E-state index contributed by atoms with van der Waals surface area (Å²) >= 11 is 0. The Hall–Kier alpha value is -1.74. The molecule has 168 valence electrons. The predicted octanol–water partition coefficient (Wildman–Crippen LogP) is 5.51. The molecule has 1 atom stereocenters. The second kappa shape index (κ2) is 9.38. The van der Waals surface area contributed by atoms with Gasteiger partial charge >= 0.3 is 29.9 Å². The molecule has 29 heavy (non-hydrogen) atoms. The quantitative estimate of drug-likeness (QED) is 0.288. The van der Waals surface area contributed by atoms with Gasteiger partial charge in [0.1, 0.15) is 6.10 Å². The van der Waals surface area contributed by atoms with Gasteiger partial charge in [-0.15, -0.1) is 0 Å². The van der Waals surface area contributed by atoms with E-state index < -0.39 is 48.3 Å². The Morgan fingerprint density at radius 2 is 1.52 bits per heavy atom. The summed E-state index contributed by atoms with van der Waals surface area (Å²) in [5.74, 6) is -4.05. The molecule has 0 amide bonds. The van der Waals surface area contributed by atoms with E-state index in [2.05, 4.69) is 11.3 Å². The maximum Gasteiger partial charge on any atom is 0.437 e. The largest absolute Gasteiger partial charge is 0.459 e. The van der Waals surface area contributed by atoms with Gasteiger partial charge in [-0.2, -0.15) is 26.3 Å². The summed E-state index contributed by atoms with van der Waals surface area (Å²) in [6.45, 7) is 7.60. The highest BCUT2D eigenvalue weighted by Crippen LogP contribution is 2.50. The fourth-order valence-corrected chi connectivity index (χ4v) is 3.24. The van der Waals surface area contributed by atoms with Crippen LogP contribution in [0.15, 0.2) is 12.2 Å². The number of ether oxygens (including phenoxy) is 2. The molecule has 10 heteroatoms. The molecule has 1 aliphatic rings. The molecule has 0 saturated heterocycles. The Balaban J connectivity index is 3.32. The highest BCUT2D eigenvalue weighted by Gasteiger charge is 2.75. The van der Waals surface area contributed by atoms with E-state index in [4.69, 9.17) is 4.74 Å². The Morgan fingerprint density at radius 3 is 1.90 bits per heavy atom. The minimum atomic E-state index is -5.95. The smallest absolute Gasteiger partial charge is 0.437 e. The van der Waals surface area contributed by atoms with Gasteiger partial charge in [0.15, 0.2) is 0 Å². The number of halogens is 6. The normalized spacial score (nSPS) is 17.3. The zero-order valence-corrected chi connectivity index (χ0v) is 16.6. The lowest BCUT2D eigenvalue weighted by molar-refractivity contribution is -0.376. The molecule has 1 rings (SSSR count). The summed E-state index contributed by atoms with van der Waals surface area (Å²) in [6, 6.07) is 0. The maximum absolute atomic E-state index is 13.8. The standard InChI is InChI=1S/C19H26F6O4/c1-11(2)9-14(28-15(26)12(3)4)10-17(18(20,21)22,19(23,24)25)29-16(27)13-7-5-6-8-13/h11,13-14H,3,5-10H2,1-2,4H3. The molecule has 0 spiro atoms. The van der Waals surface area contributed by atoms with E-state index in [1.54, 1.807) is 13.8 Å². The number of carbonyl (C=O) groups is 2. The molecular formula is C19H26F6O4. The molecule has 0 radical (unpaired) electrons. The van der Waals surface area contributed by atoms with Crippen molar-refractivity contribution in [1.82, 2.24) is 0 Å². The molecule has 1 aliphatic carbocycles. The van der Waals surface area contributed by atoms with Crippen LogP contribution in [0.1, 0.15) is 59.3 Å². The number of rotatable bonds is 8. The van der Waals surface area contributed by atoms with Gasteiger partial charge in [-0.1, -0.05) is 33.3 Å². The summed E-state index contributed by atoms with van der Waals surface area (Å²) in [7, 11) is 0. The van der Waals surface area contributed by atoms with E-state index in [1.807, 2.05) is 0 Å². The third kappa shape index (κ3) is 6.37. The van der Waals surface area contributed by atoms with Gasteiger partial charge in [-0.3, -0.25) is 4.79 Å². The third-order valence-electron chi connectivity index (χ3n) is 4.75. The highest BCUT2D eigenvalue weighted by atomic mass is 19.4. The lowest BCUT2D eigenvalue weighted by Gasteiger charge is -2.39. The van der Waals surface area contributed by atoms with Crippen LogP contribution in [0.5, 0.6) is 0 Å². The van der Waals surface area contributed by atoms with Crippen molar-refractivity contribution >= 4 is 11.9 Å². The van der Waals surface area contributed by atoms with Crippen LogP contribution in [0, 0.1) is 11.8 Å². The molecule has 0 N–H and O–H groups in total. The summed E-state index contributed by atoms with van der Waals surface area (Å²) in [6.07, 6.45) is -14.3. The third-order valence-corrected chi connectivity index (χ3v) is 4.75. The SMILES string of the molecule is C=C(C)C(=O)OC(CC(C)C)CC(OC(=O)C1CCCC1)(C(F)(F)F)C(F)(F)F. The number of esters is 2. The second-order valence-corrected chi connectivity index (χ2v) is 7.87. The van der Waals surface area contributed by atoms with Crippen molar-refractivity contribution in [3.05, 3.63) is 12.2 Å². The first-order chi connectivity index (χ1) is 13.1. The summed E-state index contributed by atoms with van der Waals surface area (Å²) in [5, 5.41) is 0. The van der Waals surface area contributed by atoms with E-state index >= 15 is 0 Å². The van der Waals surface area contributed by atoms with Gasteiger partial charge in [0, 0.05) is 12.0 Å². The summed E-state index contributed by atoms with van der Waals surface area (Å²) < 4.78 is 91.6. The van der Waals surface area contributed by atoms with Gasteiger partial charge in [0.05, 0.1) is 5.92 Å². The van der Waals surface area contributed by atoms with Crippen LogP contribution in [-0.2, 0) is 19.1 Å². The van der Waals surface area contributed by atoms with Crippen LogP contribution in [-0.4, -0.2) is 36.0 Å². The van der Waals surface area contributed by atoms with Gasteiger partial charge in [-0.25, -0.2) is 4.79 Å². The van der Waals surface area contributed by atoms with Crippen molar-refractivity contribution in [1.29, 1.82) is 0 Å².